The molecule has 0 bridgehead atoms. The fourth-order valence-electron chi connectivity index (χ4n) is 3.35. The van der Waals surface area contributed by atoms with E-state index in [9.17, 15) is 4.79 Å². The van der Waals surface area contributed by atoms with E-state index in [1.165, 1.54) is 0 Å². The summed E-state index contributed by atoms with van der Waals surface area (Å²) in [6.45, 7) is 9.89. The third kappa shape index (κ3) is 5.53. The van der Waals surface area contributed by atoms with E-state index in [1.54, 1.807) is 6.33 Å². The van der Waals surface area contributed by atoms with Gasteiger partial charge >= 0.3 is 0 Å². The number of aryl methyl sites for hydroxylation is 1. The van der Waals surface area contributed by atoms with Crippen LogP contribution in [-0.4, -0.2) is 81.9 Å². The van der Waals surface area contributed by atoms with Crippen LogP contribution in [0.2, 0.25) is 0 Å². The summed E-state index contributed by atoms with van der Waals surface area (Å²) in [5.41, 5.74) is 0. The number of halogens is 1. The van der Waals surface area contributed by atoms with Gasteiger partial charge < -0.3 is 24.4 Å². The predicted octanol–water partition coefficient (Wildman–Crippen LogP) is 0.705. The summed E-state index contributed by atoms with van der Waals surface area (Å²) in [4.78, 5) is 21.3. The first-order valence-electron chi connectivity index (χ1n) is 9.53. The number of carbonyl (C=O) groups excluding carboxylic acids is 1. The van der Waals surface area contributed by atoms with Gasteiger partial charge in [0.25, 0.3) is 5.91 Å². The third-order valence-electron chi connectivity index (χ3n) is 4.84. The summed E-state index contributed by atoms with van der Waals surface area (Å²) in [6, 6.07) is 0. The molecule has 10 heteroatoms. The number of nitrogens with one attached hydrogen (secondary N) is 1. The van der Waals surface area contributed by atoms with E-state index in [2.05, 4.69) is 34.3 Å². The Morgan fingerprint density at radius 3 is 2.67 bits per heavy atom. The van der Waals surface area contributed by atoms with Crippen molar-refractivity contribution >= 4 is 35.8 Å². The molecular weight excluding hydrogens is 461 g/mol. The molecule has 1 aromatic rings. The number of carbonyl (C=O) groups is 1. The van der Waals surface area contributed by atoms with Crippen molar-refractivity contribution in [2.24, 2.45) is 4.99 Å². The van der Waals surface area contributed by atoms with Gasteiger partial charge in [-0.3, -0.25) is 4.79 Å². The second kappa shape index (κ2) is 10.8. The molecule has 2 saturated heterocycles. The number of aliphatic imine (C=N–C) groups is 1. The van der Waals surface area contributed by atoms with E-state index in [4.69, 9.17) is 9.73 Å². The maximum absolute atomic E-state index is 12.5. The minimum absolute atomic E-state index is 0. The standard InChI is InChI=1S/C17H29N7O2.HI/c1-3-18-17(19-12-15-21-20-13-22(15)4-2)24-9-7-23(8-10-24)16(25)14-6-5-11-26-14;/h13-14H,3-12H2,1-2H3,(H,18,19);1H. The molecule has 1 aromatic heterocycles. The minimum Gasteiger partial charge on any atom is -0.368 e. The molecule has 0 saturated carbocycles. The first-order chi connectivity index (χ1) is 12.7. The Kier molecular flexibility index (Phi) is 8.74. The largest absolute Gasteiger partial charge is 0.368 e. The molecule has 1 unspecified atom stereocenters. The molecule has 2 aliphatic rings. The van der Waals surface area contributed by atoms with Gasteiger partial charge in [-0.2, -0.15) is 0 Å². The quantitative estimate of drug-likeness (QED) is 0.371. The van der Waals surface area contributed by atoms with Crippen molar-refractivity contribution in [2.75, 3.05) is 39.3 Å². The number of ether oxygens (including phenoxy) is 1. The molecule has 0 radical (unpaired) electrons. The lowest BCUT2D eigenvalue weighted by Crippen LogP contribution is -2.55. The summed E-state index contributed by atoms with van der Waals surface area (Å²) >= 11 is 0. The molecule has 0 aromatic carbocycles. The highest BCUT2D eigenvalue weighted by Crippen LogP contribution is 2.16. The summed E-state index contributed by atoms with van der Waals surface area (Å²) in [7, 11) is 0. The minimum atomic E-state index is -0.233. The lowest BCUT2D eigenvalue weighted by atomic mass is 10.2. The Morgan fingerprint density at radius 2 is 2.04 bits per heavy atom. The Balaban J connectivity index is 0.00000261. The number of amides is 1. The average Bonchev–Trinajstić information content (AvgIpc) is 3.36. The molecule has 1 N–H and O–H groups in total. The van der Waals surface area contributed by atoms with Crippen LogP contribution in [-0.2, 0) is 22.6 Å². The maximum Gasteiger partial charge on any atom is 0.251 e. The summed E-state index contributed by atoms with van der Waals surface area (Å²) < 4.78 is 7.52. The van der Waals surface area contributed by atoms with Gasteiger partial charge in [-0.05, 0) is 26.7 Å². The van der Waals surface area contributed by atoms with Crippen LogP contribution in [0.1, 0.15) is 32.5 Å². The zero-order chi connectivity index (χ0) is 18.4. The van der Waals surface area contributed by atoms with Gasteiger partial charge in [0, 0.05) is 45.9 Å². The lowest BCUT2D eigenvalue weighted by Gasteiger charge is -2.37. The Hall–Kier alpha value is -1.43. The lowest BCUT2D eigenvalue weighted by molar-refractivity contribution is -0.142. The molecular formula is C17H30IN7O2. The van der Waals surface area contributed by atoms with E-state index >= 15 is 0 Å². The van der Waals surface area contributed by atoms with Gasteiger partial charge in [0.15, 0.2) is 11.8 Å². The van der Waals surface area contributed by atoms with Crippen molar-refractivity contribution in [1.82, 2.24) is 29.9 Å². The molecule has 152 valence electrons. The number of hydrogen-bond donors (Lipinski definition) is 1. The Bertz CT molecular complexity index is 623. The van der Waals surface area contributed by atoms with E-state index < -0.39 is 0 Å². The van der Waals surface area contributed by atoms with E-state index in [0.29, 0.717) is 26.2 Å². The molecule has 3 heterocycles. The Morgan fingerprint density at radius 1 is 1.30 bits per heavy atom. The molecule has 2 aliphatic heterocycles. The van der Waals surface area contributed by atoms with Gasteiger partial charge in [0.05, 0.1) is 0 Å². The summed E-state index contributed by atoms with van der Waals surface area (Å²) in [6.07, 6.45) is 3.33. The van der Waals surface area contributed by atoms with Gasteiger partial charge in [0.2, 0.25) is 0 Å². The molecule has 1 amide bonds. The van der Waals surface area contributed by atoms with Gasteiger partial charge in [0.1, 0.15) is 19.0 Å². The molecule has 9 nitrogen and oxygen atoms in total. The van der Waals surface area contributed by atoms with Crippen molar-refractivity contribution in [3.05, 3.63) is 12.2 Å². The van der Waals surface area contributed by atoms with E-state index in [1.807, 2.05) is 9.47 Å². The van der Waals surface area contributed by atoms with Crippen molar-refractivity contribution in [3.8, 4) is 0 Å². The van der Waals surface area contributed by atoms with E-state index in [0.717, 1.165) is 50.8 Å². The first-order valence-corrected chi connectivity index (χ1v) is 9.53. The number of aromatic nitrogens is 3. The summed E-state index contributed by atoms with van der Waals surface area (Å²) in [5, 5.41) is 11.4. The average molecular weight is 491 g/mol. The van der Waals surface area contributed by atoms with Crippen LogP contribution in [0.25, 0.3) is 0 Å². The number of nitrogens with zero attached hydrogens (tertiary/aromatic N) is 6. The highest BCUT2D eigenvalue weighted by atomic mass is 127. The van der Waals surface area contributed by atoms with Crippen LogP contribution in [0, 0.1) is 0 Å². The van der Waals surface area contributed by atoms with Crippen LogP contribution in [0.5, 0.6) is 0 Å². The Labute approximate surface area is 177 Å². The van der Waals surface area contributed by atoms with Crippen molar-refractivity contribution in [2.45, 2.75) is 45.9 Å². The van der Waals surface area contributed by atoms with Crippen LogP contribution < -0.4 is 5.32 Å². The normalized spacial score (nSPS) is 20.5. The maximum atomic E-state index is 12.5. The molecule has 3 rings (SSSR count). The topological polar surface area (TPSA) is 87.9 Å². The zero-order valence-electron chi connectivity index (χ0n) is 16.1. The van der Waals surface area contributed by atoms with Crippen LogP contribution >= 0.6 is 24.0 Å². The highest BCUT2D eigenvalue weighted by molar-refractivity contribution is 14.0. The predicted molar refractivity (Wildman–Crippen MR) is 113 cm³/mol. The van der Waals surface area contributed by atoms with Crippen LogP contribution in [0.4, 0.5) is 0 Å². The molecule has 0 spiro atoms. The van der Waals surface area contributed by atoms with Crippen LogP contribution in [0.15, 0.2) is 11.3 Å². The number of guanidine groups is 1. The smallest absolute Gasteiger partial charge is 0.251 e. The molecule has 1 atom stereocenters. The second-order valence-electron chi connectivity index (χ2n) is 6.52. The molecule has 2 fully saturated rings. The monoisotopic (exact) mass is 491 g/mol. The fourth-order valence-corrected chi connectivity index (χ4v) is 3.35. The van der Waals surface area contributed by atoms with Crippen molar-refractivity contribution in [3.63, 3.8) is 0 Å². The second-order valence-corrected chi connectivity index (χ2v) is 6.52. The van der Waals surface area contributed by atoms with Crippen molar-refractivity contribution < 1.29 is 9.53 Å². The van der Waals surface area contributed by atoms with E-state index in [-0.39, 0.29) is 36.0 Å². The summed E-state index contributed by atoms with van der Waals surface area (Å²) in [5.74, 6) is 1.86. The molecule has 27 heavy (non-hydrogen) atoms. The van der Waals surface area contributed by atoms with Gasteiger partial charge in [-0.25, -0.2) is 4.99 Å². The van der Waals surface area contributed by atoms with Crippen molar-refractivity contribution in [1.29, 1.82) is 0 Å². The molecule has 0 aliphatic carbocycles. The van der Waals surface area contributed by atoms with Gasteiger partial charge in [-0.15, -0.1) is 34.2 Å². The van der Waals surface area contributed by atoms with Gasteiger partial charge in [-0.1, -0.05) is 0 Å². The highest BCUT2D eigenvalue weighted by Gasteiger charge is 2.30. The fraction of sp³-hybridized carbons (Fsp3) is 0.765. The number of hydrogen-bond acceptors (Lipinski definition) is 5. The van der Waals surface area contributed by atoms with Crippen LogP contribution in [0.3, 0.4) is 0 Å². The third-order valence-corrected chi connectivity index (χ3v) is 4.84. The number of rotatable bonds is 5. The SMILES string of the molecule is CCNC(=NCc1nncn1CC)N1CCN(C(=O)C2CCCO2)CC1.I. The first kappa shape index (κ1) is 21.9. The number of piperazine rings is 1. The zero-order valence-corrected chi connectivity index (χ0v) is 18.5.